The molecule has 1 atom stereocenters. The molecule has 0 spiro atoms. The van der Waals surface area contributed by atoms with Crippen LogP contribution in [0.1, 0.15) is 148 Å². The summed E-state index contributed by atoms with van der Waals surface area (Å²) in [6.07, 6.45) is 30.5. The first kappa shape index (κ1) is 30.9. The van der Waals surface area contributed by atoms with Gasteiger partial charge in [-0.25, -0.2) is 0 Å². The van der Waals surface area contributed by atoms with Gasteiger partial charge in [-0.1, -0.05) is 122 Å². The molecule has 31 heavy (non-hydrogen) atoms. The van der Waals surface area contributed by atoms with E-state index in [4.69, 9.17) is 11.5 Å². The van der Waals surface area contributed by atoms with Crippen LogP contribution < -0.4 is 16.8 Å². The van der Waals surface area contributed by atoms with Crippen molar-refractivity contribution in [3.05, 3.63) is 0 Å². The number of hydrogen-bond acceptors (Lipinski definition) is 3. The zero-order chi connectivity index (χ0) is 22.7. The van der Waals surface area contributed by atoms with Gasteiger partial charge in [0.25, 0.3) is 0 Å². The van der Waals surface area contributed by atoms with E-state index < -0.39 is 0 Å². The third kappa shape index (κ3) is 26.0. The molecule has 0 aromatic heterocycles. The van der Waals surface area contributed by atoms with Crippen LogP contribution in [0.15, 0.2) is 0 Å². The number of unbranched alkanes of at least 4 members (excludes halogenated alkanes) is 15. The van der Waals surface area contributed by atoms with Gasteiger partial charge >= 0.3 is 0 Å². The highest BCUT2D eigenvalue weighted by molar-refractivity contribution is 4.62. The molecule has 0 saturated carbocycles. The van der Waals surface area contributed by atoms with Crippen molar-refractivity contribution in [1.82, 2.24) is 5.32 Å². The zero-order valence-electron chi connectivity index (χ0n) is 21.6. The Hall–Kier alpha value is -0.120. The van der Waals surface area contributed by atoms with Crippen LogP contribution in [-0.2, 0) is 0 Å². The van der Waals surface area contributed by atoms with E-state index in [0.29, 0.717) is 0 Å². The Morgan fingerprint density at radius 3 is 1.35 bits per heavy atom. The van der Waals surface area contributed by atoms with Crippen molar-refractivity contribution >= 4 is 0 Å². The van der Waals surface area contributed by atoms with Crippen molar-refractivity contribution in [3.8, 4) is 0 Å². The summed E-state index contributed by atoms with van der Waals surface area (Å²) in [5, 5.41) is 3.68. The SMILES string of the molecule is CCCCCCCCCCCCCNCCCCC(CCCCN)CCCCCCN. The van der Waals surface area contributed by atoms with Crippen LogP contribution >= 0.6 is 0 Å². The van der Waals surface area contributed by atoms with Gasteiger partial charge in [-0.2, -0.15) is 0 Å². The van der Waals surface area contributed by atoms with Crippen LogP contribution in [-0.4, -0.2) is 26.2 Å². The molecule has 3 heteroatoms. The standard InChI is InChI=1S/C28H61N3/c1-2-3-4-5-6-7-8-9-10-13-19-26-31-27-20-16-23-28(22-15-18-25-30)21-14-11-12-17-24-29/h28,31H,2-27,29-30H2,1H3. The predicted molar refractivity (Wildman–Crippen MR) is 142 cm³/mol. The molecule has 5 N–H and O–H groups in total. The fraction of sp³-hybridized carbons (Fsp3) is 1.00. The Bertz CT molecular complexity index is 309. The molecule has 0 aromatic rings. The maximum Gasteiger partial charge on any atom is -0.00489 e. The Morgan fingerprint density at radius 2 is 0.806 bits per heavy atom. The van der Waals surface area contributed by atoms with Crippen molar-refractivity contribution in [2.75, 3.05) is 26.2 Å². The summed E-state index contributed by atoms with van der Waals surface area (Å²) >= 11 is 0. The Kier molecular flexibility index (Phi) is 27.8. The van der Waals surface area contributed by atoms with E-state index >= 15 is 0 Å². The monoisotopic (exact) mass is 439 g/mol. The van der Waals surface area contributed by atoms with Crippen molar-refractivity contribution in [1.29, 1.82) is 0 Å². The molecule has 0 saturated heterocycles. The maximum atomic E-state index is 5.69. The lowest BCUT2D eigenvalue weighted by Gasteiger charge is -2.17. The highest BCUT2D eigenvalue weighted by Gasteiger charge is 2.08. The number of rotatable bonds is 27. The molecule has 3 nitrogen and oxygen atoms in total. The van der Waals surface area contributed by atoms with Gasteiger partial charge in [0.1, 0.15) is 0 Å². The van der Waals surface area contributed by atoms with Crippen LogP contribution in [0, 0.1) is 5.92 Å². The predicted octanol–water partition coefficient (Wildman–Crippen LogP) is 7.71. The van der Waals surface area contributed by atoms with E-state index in [-0.39, 0.29) is 0 Å². The fourth-order valence-electron chi connectivity index (χ4n) is 4.66. The third-order valence-corrected chi connectivity index (χ3v) is 6.81. The van der Waals surface area contributed by atoms with Crippen molar-refractivity contribution in [2.24, 2.45) is 17.4 Å². The first-order valence-electron chi connectivity index (χ1n) is 14.5. The van der Waals surface area contributed by atoms with Gasteiger partial charge in [-0.05, 0) is 57.8 Å². The summed E-state index contributed by atoms with van der Waals surface area (Å²) < 4.78 is 0. The number of nitrogens with one attached hydrogen (secondary N) is 1. The summed E-state index contributed by atoms with van der Waals surface area (Å²) in [5.41, 5.74) is 11.3. The van der Waals surface area contributed by atoms with E-state index in [1.807, 2.05) is 0 Å². The molecule has 1 unspecified atom stereocenters. The Morgan fingerprint density at radius 1 is 0.452 bits per heavy atom. The molecular weight excluding hydrogens is 378 g/mol. The van der Waals surface area contributed by atoms with E-state index in [0.717, 1.165) is 19.0 Å². The summed E-state index contributed by atoms with van der Waals surface area (Å²) in [4.78, 5) is 0. The largest absolute Gasteiger partial charge is 0.330 e. The average Bonchev–Trinajstić information content (AvgIpc) is 2.78. The van der Waals surface area contributed by atoms with E-state index in [2.05, 4.69) is 12.2 Å². The second-order valence-corrected chi connectivity index (χ2v) is 9.92. The highest BCUT2D eigenvalue weighted by Crippen LogP contribution is 2.22. The topological polar surface area (TPSA) is 64.1 Å². The maximum absolute atomic E-state index is 5.69. The van der Waals surface area contributed by atoms with Crippen molar-refractivity contribution in [2.45, 2.75) is 148 Å². The first-order valence-corrected chi connectivity index (χ1v) is 14.5. The molecule has 0 heterocycles. The van der Waals surface area contributed by atoms with E-state index in [9.17, 15) is 0 Å². The minimum atomic E-state index is 0.853. The van der Waals surface area contributed by atoms with Crippen LogP contribution in [0.3, 0.4) is 0 Å². The molecule has 0 fully saturated rings. The summed E-state index contributed by atoms with van der Waals surface area (Å²) in [6, 6.07) is 0. The van der Waals surface area contributed by atoms with Gasteiger partial charge in [-0.3, -0.25) is 0 Å². The van der Waals surface area contributed by atoms with Crippen LogP contribution in [0.2, 0.25) is 0 Å². The van der Waals surface area contributed by atoms with Gasteiger partial charge in [0.05, 0.1) is 0 Å². The van der Waals surface area contributed by atoms with Crippen molar-refractivity contribution in [3.63, 3.8) is 0 Å². The molecule has 188 valence electrons. The average molecular weight is 440 g/mol. The van der Waals surface area contributed by atoms with Crippen molar-refractivity contribution < 1.29 is 0 Å². The van der Waals surface area contributed by atoms with Crippen LogP contribution in [0.4, 0.5) is 0 Å². The van der Waals surface area contributed by atoms with Gasteiger partial charge < -0.3 is 16.8 Å². The summed E-state index contributed by atoms with van der Waals surface area (Å²) in [5.74, 6) is 0.927. The van der Waals surface area contributed by atoms with E-state index in [1.165, 1.54) is 154 Å². The minimum Gasteiger partial charge on any atom is -0.330 e. The molecule has 0 aliphatic heterocycles. The van der Waals surface area contributed by atoms with E-state index in [1.54, 1.807) is 0 Å². The molecule has 0 amide bonds. The minimum absolute atomic E-state index is 0.853. The quantitative estimate of drug-likeness (QED) is 0.115. The fourth-order valence-corrected chi connectivity index (χ4v) is 4.66. The van der Waals surface area contributed by atoms with Gasteiger partial charge in [0, 0.05) is 0 Å². The Balaban J connectivity index is 3.44. The van der Waals surface area contributed by atoms with Gasteiger partial charge in [0.2, 0.25) is 0 Å². The number of nitrogens with two attached hydrogens (primary N) is 2. The lowest BCUT2D eigenvalue weighted by atomic mass is 9.90. The molecule has 0 rings (SSSR count). The smallest absolute Gasteiger partial charge is 0.00489 e. The molecule has 0 radical (unpaired) electrons. The molecule has 0 aromatic carbocycles. The Labute approximate surface area is 197 Å². The van der Waals surface area contributed by atoms with Gasteiger partial charge in [-0.15, -0.1) is 0 Å². The normalized spacial score (nSPS) is 12.5. The molecule has 0 aliphatic carbocycles. The molecular formula is C28H61N3. The number of hydrogen-bond donors (Lipinski definition) is 3. The first-order chi connectivity index (χ1) is 15.3. The third-order valence-electron chi connectivity index (χ3n) is 6.81. The summed E-state index contributed by atoms with van der Waals surface area (Å²) in [7, 11) is 0. The second-order valence-electron chi connectivity index (χ2n) is 9.92. The second kappa shape index (κ2) is 27.9. The zero-order valence-corrected chi connectivity index (χ0v) is 21.6. The summed E-state index contributed by atoms with van der Waals surface area (Å²) in [6.45, 7) is 6.44. The molecule has 0 bridgehead atoms. The van der Waals surface area contributed by atoms with Crippen LogP contribution in [0.25, 0.3) is 0 Å². The molecule has 0 aliphatic rings. The highest BCUT2D eigenvalue weighted by atomic mass is 14.8. The van der Waals surface area contributed by atoms with Gasteiger partial charge in [0.15, 0.2) is 0 Å². The lowest BCUT2D eigenvalue weighted by molar-refractivity contribution is 0.371. The van der Waals surface area contributed by atoms with Crippen LogP contribution in [0.5, 0.6) is 0 Å². The lowest BCUT2D eigenvalue weighted by Crippen LogP contribution is -2.17.